The molecule has 1 aromatic rings. The van der Waals surface area contributed by atoms with E-state index in [1.54, 1.807) is 7.11 Å². The van der Waals surface area contributed by atoms with E-state index in [1.165, 1.54) is 0 Å². The van der Waals surface area contributed by atoms with E-state index in [1.807, 2.05) is 24.3 Å². The summed E-state index contributed by atoms with van der Waals surface area (Å²) in [7, 11) is 1.76. The number of amidine groups is 1. The Morgan fingerprint density at radius 3 is 3.05 bits per heavy atom. The highest BCUT2D eigenvalue weighted by Crippen LogP contribution is 2.17. The van der Waals surface area contributed by atoms with Crippen LogP contribution in [0.4, 0.5) is 0 Å². The number of methoxy groups -OCH3 is 1. The molecular weight excluding hydrogens is 242 g/mol. The van der Waals surface area contributed by atoms with Crippen LogP contribution in [0.25, 0.3) is 0 Å². The summed E-state index contributed by atoms with van der Waals surface area (Å²) >= 11 is 0. The zero-order chi connectivity index (χ0) is 13.7. The van der Waals surface area contributed by atoms with Gasteiger partial charge in [0.15, 0.2) is 5.84 Å². The molecule has 0 aromatic heterocycles. The molecule has 19 heavy (non-hydrogen) atoms. The number of ether oxygens (including phenoxy) is 1. The number of piperidine rings is 1. The molecule has 104 valence electrons. The molecule has 3 N–H and O–H groups in total. The van der Waals surface area contributed by atoms with Crippen molar-refractivity contribution in [3.05, 3.63) is 35.4 Å². The lowest BCUT2D eigenvalue weighted by molar-refractivity contribution is 0.0285. The monoisotopic (exact) mass is 263 g/mol. The zero-order valence-corrected chi connectivity index (χ0v) is 11.2. The van der Waals surface area contributed by atoms with Crippen molar-refractivity contribution >= 4 is 5.84 Å². The van der Waals surface area contributed by atoms with Gasteiger partial charge in [0, 0.05) is 25.8 Å². The summed E-state index contributed by atoms with van der Waals surface area (Å²) in [5.74, 6) is 0.163. The van der Waals surface area contributed by atoms with Crippen LogP contribution in [0, 0.1) is 0 Å². The molecule has 1 unspecified atom stereocenters. The maximum absolute atomic E-state index is 8.83. The fraction of sp³-hybridized carbons (Fsp3) is 0.500. The predicted molar refractivity (Wildman–Crippen MR) is 74.3 cm³/mol. The van der Waals surface area contributed by atoms with Gasteiger partial charge in [0.2, 0.25) is 0 Å². The molecule has 1 atom stereocenters. The molecule has 1 heterocycles. The van der Waals surface area contributed by atoms with Crippen molar-refractivity contribution in [2.45, 2.75) is 25.5 Å². The molecule has 0 spiro atoms. The average molecular weight is 263 g/mol. The summed E-state index contributed by atoms with van der Waals surface area (Å²) in [6.07, 6.45) is 2.57. The summed E-state index contributed by atoms with van der Waals surface area (Å²) in [5, 5.41) is 11.9. The van der Waals surface area contributed by atoms with Gasteiger partial charge in [0.05, 0.1) is 6.10 Å². The standard InChI is InChI=1S/C14H21N3O2/c1-19-12-6-4-8-17(10-12)9-11-5-2-3-7-13(11)14(15)16-18/h2-3,5,7,12,18H,4,6,8-10H2,1H3,(H2,15,16). The summed E-state index contributed by atoms with van der Waals surface area (Å²) in [6.45, 7) is 2.79. The van der Waals surface area contributed by atoms with Crippen LogP contribution in [-0.4, -0.2) is 42.2 Å². The Hall–Kier alpha value is -1.59. The number of rotatable bonds is 4. The van der Waals surface area contributed by atoms with E-state index in [-0.39, 0.29) is 5.84 Å². The van der Waals surface area contributed by atoms with Crippen molar-refractivity contribution in [1.82, 2.24) is 4.90 Å². The minimum Gasteiger partial charge on any atom is -0.409 e. The number of oxime groups is 1. The first-order valence-electron chi connectivity index (χ1n) is 6.55. The van der Waals surface area contributed by atoms with Crippen LogP contribution >= 0.6 is 0 Å². The van der Waals surface area contributed by atoms with Crippen LogP contribution in [0.5, 0.6) is 0 Å². The minimum atomic E-state index is 0.163. The molecule has 0 radical (unpaired) electrons. The Morgan fingerprint density at radius 1 is 1.53 bits per heavy atom. The van der Waals surface area contributed by atoms with Gasteiger partial charge in [-0.1, -0.05) is 29.4 Å². The summed E-state index contributed by atoms with van der Waals surface area (Å²) in [5.41, 5.74) is 7.58. The van der Waals surface area contributed by atoms with Crippen LogP contribution < -0.4 is 5.73 Å². The first-order valence-corrected chi connectivity index (χ1v) is 6.55. The lowest BCUT2D eigenvalue weighted by Gasteiger charge is -2.32. The second kappa shape index (κ2) is 6.54. The maximum Gasteiger partial charge on any atom is 0.170 e. The Kier molecular flexibility index (Phi) is 4.76. The van der Waals surface area contributed by atoms with Crippen LogP contribution in [0.15, 0.2) is 29.4 Å². The van der Waals surface area contributed by atoms with Crippen LogP contribution in [-0.2, 0) is 11.3 Å². The number of hydrogen-bond acceptors (Lipinski definition) is 4. The fourth-order valence-corrected chi connectivity index (χ4v) is 2.55. The van der Waals surface area contributed by atoms with E-state index < -0.39 is 0 Å². The highest BCUT2D eigenvalue weighted by molar-refractivity contribution is 5.98. The van der Waals surface area contributed by atoms with E-state index in [4.69, 9.17) is 15.7 Å². The van der Waals surface area contributed by atoms with Gasteiger partial charge < -0.3 is 15.7 Å². The third-order valence-corrected chi connectivity index (χ3v) is 3.59. The van der Waals surface area contributed by atoms with Crippen molar-refractivity contribution in [2.24, 2.45) is 10.9 Å². The fourth-order valence-electron chi connectivity index (χ4n) is 2.55. The van der Waals surface area contributed by atoms with Gasteiger partial charge in [0.1, 0.15) is 0 Å². The minimum absolute atomic E-state index is 0.163. The van der Waals surface area contributed by atoms with Crippen molar-refractivity contribution in [1.29, 1.82) is 0 Å². The first-order chi connectivity index (χ1) is 9.24. The Morgan fingerprint density at radius 2 is 2.32 bits per heavy atom. The van der Waals surface area contributed by atoms with Gasteiger partial charge in [-0.2, -0.15) is 0 Å². The maximum atomic E-state index is 8.83. The molecule has 1 aromatic carbocycles. The summed E-state index contributed by atoms with van der Waals surface area (Å²) in [4.78, 5) is 2.35. The topological polar surface area (TPSA) is 71.1 Å². The lowest BCUT2D eigenvalue weighted by atomic mass is 10.0. The van der Waals surface area contributed by atoms with Gasteiger partial charge in [-0.25, -0.2) is 0 Å². The van der Waals surface area contributed by atoms with Crippen molar-refractivity contribution in [3.8, 4) is 0 Å². The SMILES string of the molecule is COC1CCCN(Cc2ccccc2/C(N)=N/O)C1. The molecule has 0 saturated carbocycles. The van der Waals surface area contributed by atoms with Crippen LogP contribution in [0.1, 0.15) is 24.0 Å². The molecule has 0 aliphatic carbocycles. The quantitative estimate of drug-likeness (QED) is 0.373. The molecule has 1 aliphatic heterocycles. The molecule has 1 aliphatic rings. The van der Waals surface area contributed by atoms with Gasteiger partial charge in [-0.3, -0.25) is 4.90 Å². The molecule has 2 rings (SSSR count). The van der Waals surface area contributed by atoms with E-state index in [0.29, 0.717) is 6.10 Å². The number of nitrogens with zero attached hydrogens (tertiary/aromatic N) is 2. The number of likely N-dealkylation sites (tertiary alicyclic amines) is 1. The smallest absolute Gasteiger partial charge is 0.170 e. The Bertz CT molecular complexity index is 448. The molecular formula is C14H21N3O2. The van der Waals surface area contributed by atoms with Gasteiger partial charge in [-0.15, -0.1) is 0 Å². The highest BCUT2D eigenvalue weighted by atomic mass is 16.5. The van der Waals surface area contributed by atoms with Gasteiger partial charge >= 0.3 is 0 Å². The largest absolute Gasteiger partial charge is 0.409 e. The molecule has 5 heteroatoms. The van der Waals surface area contributed by atoms with Gasteiger partial charge in [0.25, 0.3) is 0 Å². The van der Waals surface area contributed by atoms with Crippen LogP contribution in [0.2, 0.25) is 0 Å². The van der Waals surface area contributed by atoms with Crippen LogP contribution in [0.3, 0.4) is 0 Å². The third-order valence-electron chi connectivity index (χ3n) is 3.59. The van der Waals surface area contributed by atoms with Crippen molar-refractivity contribution < 1.29 is 9.94 Å². The normalized spacial score (nSPS) is 21.5. The highest BCUT2D eigenvalue weighted by Gasteiger charge is 2.20. The second-order valence-corrected chi connectivity index (χ2v) is 4.88. The lowest BCUT2D eigenvalue weighted by Crippen LogP contribution is -2.39. The third kappa shape index (κ3) is 3.45. The van der Waals surface area contributed by atoms with E-state index in [9.17, 15) is 0 Å². The number of nitrogens with two attached hydrogens (primary N) is 1. The van der Waals surface area contributed by atoms with E-state index in [2.05, 4.69) is 10.1 Å². The Balaban J connectivity index is 2.10. The van der Waals surface area contributed by atoms with Gasteiger partial charge in [-0.05, 0) is 24.9 Å². The van der Waals surface area contributed by atoms with E-state index in [0.717, 1.165) is 43.6 Å². The summed E-state index contributed by atoms with van der Waals surface area (Å²) in [6, 6.07) is 7.76. The number of benzene rings is 1. The zero-order valence-electron chi connectivity index (χ0n) is 11.2. The molecule has 1 saturated heterocycles. The molecule has 1 fully saturated rings. The molecule has 0 amide bonds. The molecule has 5 nitrogen and oxygen atoms in total. The van der Waals surface area contributed by atoms with Crippen molar-refractivity contribution in [3.63, 3.8) is 0 Å². The second-order valence-electron chi connectivity index (χ2n) is 4.88. The number of hydrogen-bond donors (Lipinski definition) is 2. The predicted octanol–water partition coefficient (Wildman–Crippen LogP) is 1.39. The van der Waals surface area contributed by atoms with Crippen molar-refractivity contribution in [2.75, 3.05) is 20.2 Å². The Labute approximate surface area is 113 Å². The average Bonchev–Trinajstić information content (AvgIpc) is 2.47. The first kappa shape index (κ1) is 13.8. The van der Waals surface area contributed by atoms with E-state index >= 15 is 0 Å². The molecule has 0 bridgehead atoms. The summed E-state index contributed by atoms with van der Waals surface area (Å²) < 4.78 is 5.43.